The van der Waals surface area contributed by atoms with E-state index in [1.165, 1.54) is 40.9 Å². The lowest BCUT2D eigenvalue weighted by Crippen LogP contribution is -2.47. The van der Waals surface area contributed by atoms with E-state index in [0.29, 0.717) is 32.2 Å². The highest BCUT2D eigenvalue weighted by Crippen LogP contribution is 2.38. The van der Waals surface area contributed by atoms with Crippen LogP contribution in [0.5, 0.6) is 0 Å². The predicted octanol–water partition coefficient (Wildman–Crippen LogP) is 4.49. The standard InChI is InChI=1S/C33H22N6O8S4/c1-17-2-12-25-30(31(17)51(45,46)47)49-33(35-25)19-5-13-23-27(16-19)48-32(34-23)18-3-6-20(7-4-18)37-39-28-26(40)15-14-24(29(28)41)38-36-21-8-10-22(11-9-21)50(42,43)44/h2-16,36-37H,1H3,(H,42,43,44)(H,45,46,47)/b38-24+,39-28+. The normalized spacial score (nSPS) is 12.9. The molecule has 0 aliphatic heterocycles. The van der Waals surface area contributed by atoms with Crippen LogP contribution in [-0.2, 0) is 20.2 Å². The van der Waals surface area contributed by atoms with Gasteiger partial charge in [0, 0.05) is 11.1 Å². The molecule has 0 unspecified atom stereocenters. The first-order valence-electron chi connectivity index (χ1n) is 14.7. The van der Waals surface area contributed by atoms with Crippen LogP contribution in [0.2, 0.25) is 0 Å². The van der Waals surface area contributed by atoms with Gasteiger partial charge in [0.15, 0.2) is 5.36 Å². The van der Waals surface area contributed by atoms with Gasteiger partial charge < -0.3 is 0 Å². The zero-order chi connectivity index (χ0) is 36.1. The quantitative estimate of drug-likeness (QED) is 0.125. The number of benzene rings is 5. The fourth-order valence-electron chi connectivity index (χ4n) is 5.06. The zero-order valence-corrected chi connectivity index (χ0v) is 29.2. The third-order valence-corrected chi connectivity index (χ3v) is 11.8. The molecule has 0 bridgehead atoms. The van der Waals surface area contributed by atoms with Gasteiger partial charge in [-0.3, -0.25) is 29.5 Å². The molecule has 0 saturated carbocycles. The molecule has 7 rings (SSSR count). The molecular weight excluding hydrogens is 737 g/mol. The molecule has 0 fully saturated rings. The Morgan fingerprint density at radius 3 is 1.96 bits per heavy atom. The summed E-state index contributed by atoms with van der Waals surface area (Å²) in [5, 5.41) is 8.86. The average molecular weight is 759 g/mol. The number of rotatable bonds is 8. The van der Waals surface area contributed by atoms with Crippen LogP contribution in [0.1, 0.15) is 5.56 Å². The van der Waals surface area contributed by atoms with Gasteiger partial charge in [0.05, 0.1) is 36.7 Å². The Labute approximate surface area is 296 Å². The summed E-state index contributed by atoms with van der Waals surface area (Å²) >= 11 is 2.64. The predicted molar refractivity (Wildman–Crippen MR) is 194 cm³/mol. The second kappa shape index (κ2) is 13.0. The van der Waals surface area contributed by atoms with Crippen LogP contribution in [0.15, 0.2) is 121 Å². The van der Waals surface area contributed by atoms with E-state index in [9.17, 15) is 31.0 Å². The molecule has 0 spiro atoms. The van der Waals surface area contributed by atoms with Gasteiger partial charge in [0.25, 0.3) is 20.2 Å². The van der Waals surface area contributed by atoms with E-state index in [2.05, 4.69) is 26.0 Å². The first-order valence-corrected chi connectivity index (χ1v) is 19.2. The van der Waals surface area contributed by atoms with Crippen molar-refractivity contribution in [3.63, 3.8) is 0 Å². The summed E-state index contributed by atoms with van der Waals surface area (Å²) in [7, 11) is -8.79. The van der Waals surface area contributed by atoms with Gasteiger partial charge in [-0.05, 0) is 97.4 Å². The maximum atomic E-state index is 12.9. The number of nitrogens with zero attached hydrogens (tertiary/aromatic N) is 4. The molecule has 5 aromatic carbocycles. The molecule has 0 atom stereocenters. The minimum atomic E-state index is -4.43. The highest BCUT2D eigenvalue weighted by Gasteiger charge is 2.21. The first-order chi connectivity index (χ1) is 24.2. The molecule has 0 aliphatic rings. The van der Waals surface area contributed by atoms with E-state index in [4.69, 9.17) is 9.54 Å². The van der Waals surface area contributed by atoms with E-state index in [1.54, 1.807) is 31.2 Å². The molecule has 0 aliphatic carbocycles. The summed E-state index contributed by atoms with van der Waals surface area (Å²) in [5.74, 6) is 0. The van der Waals surface area contributed by atoms with Gasteiger partial charge in [-0.2, -0.15) is 27.0 Å². The van der Waals surface area contributed by atoms with Crippen LogP contribution in [0.25, 0.3) is 41.6 Å². The Kier molecular flexibility index (Phi) is 8.66. The van der Waals surface area contributed by atoms with Crippen molar-refractivity contribution < 1.29 is 25.9 Å². The van der Waals surface area contributed by atoms with Crippen LogP contribution >= 0.6 is 22.7 Å². The monoisotopic (exact) mass is 758 g/mol. The van der Waals surface area contributed by atoms with E-state index in [0.717, 1.165) is 44.6 Å². The topological polar surface area (TPSA) is 217 Å². The molecule has 0 saturated heterocycles. The molecule has 14 nitrogen and oxygen atoms in total. The molecule has 7 aromatic rings. The maximum Gasteiger partial charge on any atom is 0.296 e. The number of anilines is 2. The van der Waals surface area contributed by atoms with Gasteiger partial charge in [0.2, 0.25) is 10.9 Å². The summed E-state index contributed by atoms with van der Waals surface area (Å²) in [6, 6.07) is 23.4. The molecule has 0 amide bonds. The Morgan fingerprint density at radius 1 is 0.667 bits per heavy atom. The Hall–Kier alpha value is -5.50. The number of hydrogen-bond acceptors (Lipinski definition) is 14. The summed E-state index contributed by atoms with van der Waals surface area (Å²) < 4.78 is 66.7. The zero-order valence-electron chi connectivity index (χ0n) is 25.9. The number of fused-ring (bicyclic) bond motifs is 2. The Balaban J connectivity index is 1.10. The smallest absolute Gasteiger partial charge is 0.287 e. The molecule has 256 valence electrons. The molecule has 0 radical (unpaired) electrons. The minimum Gasteiger partial charge on any atom is -0.287 e. The Bertz CT molecular complexity index is 2970. The number of aryl methyl sites for hydroxylation is 1. The summed E-state index contributed by atoms with van der Waals surface area (Å²) in [4.78, 5) is 34.3. The summed E-state index contributed by atoms with van der Waals surface area (Å²) in [5.41, 5.74) is 8.06. The van der Waals surface area contributed by atoms with Gasteiger partial charge >= 0.3 is 0 Å². The molecule has 4 N–H and O–H groups in total. The molecule has 2 heterocycles. The lowest BCUT2D eigenvalue weighted by Gasteiger charge is -2.02. The van der Waals surface area contributed by atoms with Crippen molar-refractivity contribution in [1.82, 2.24) is 9.97 Å². The lowest BCUT2D eigenvalue weighted by atomic mass is 10.2. The van der Waals surface area contributed by atoms with Gasteiger partial charge in [-0.25, -0.2) is 9.97 Å². The summed E-state index contributed by atoms with van der Waals surface area (Å²) in [6.45, 7) is 1.62. The fourth-order valence-corrected chi connectivity index (χ4v) is 8.86. The van der Waals surface area contributed by atoms with E-state index < -0.39 is 31.1 Å². The van der Waals surface area contributed by atoms with Gasteiger partial charge in [0.1, 0.15) is 20.3 Å². The van der Waals surface area contributed by atoms with Crippen LogP contribution in [-0.4, -0.2) is 35.9 Å². The van der Waals surface area contributed by atoms with Gasteiger partial charge in [-0.15, -0.1) is 22.7 Å². The van der Waals surface area contributed by atoms with E-state index >= 15 is 0 Å². The number of hydrogen-bond donors (Lipinski definition) is 4. The van der Waals surface area contributed by atoms with Crippen molar-refractivity contribution in [2.45, 2.75) is 16.7 Å². The third-order valence-electron chi connectivity index (χ3n) is 7.56. The van der Waals surface area contributed by atoms with Gasteiger partial charge in [-0.1, -0.05) is 6.07 Å². The van der Waals surface area contributed by atoms with Crippen LogP contribution in [0, 0.1) is 6.92 Å². The van der Waals surface area contributed by atoms with Crippen molar-refractivity contribution in [1.29, 1.82) is 0 Å². The van der Waals surface area contributed by atoms with Crippen molar-refractivity contribution in [2.24, 2.45) is 10.2 Å². The molecular formula is C33H22N6O8S4. The largest absolute Gasteiger partial charge is 0.296 e. The van der Waals surface area contributed by atoms with E-state index in [-0.39, 0.29) is 20.5 Å². The SMILES string of the molecule is Cc1ccc2nc(-c3ccc4nc(-c5ccc(N/N=c6\c(=O)cc/c(=N\Nc7ccc(S(=O)(=O)O)cc7)c6=O)cc5)sc4c3)sc2c1S(=O)(=O)O. The van der Waals surface area contributed by atoms with Crippen molar-refractivity contribution in [3.05, 3.63) is 128 Å². The molecule has 51 heavy (non-hydrogen) atoms. The second-order valence-electron chi connectivity index (χ2n) is 11.0. The number of nitrogens with one attached hydrogen (secondary N) is 2. The van der Waals surface area contributed by atoms with E-state index in [1.807, 2.05) is 30.3 Å². The van der Waals surface area contributed by atoms with Crippen LogP contribution in [0.4, 0.5) is 11.4 Å². The van der Waals surface area contributed by atoms with Crippen LogP contribution in [0.3, 0.4) is 0 Å². The average Bonchev–Trinajstić information content (AvgIpc) is 3.71. The minimum absolute atomic E-state index is 0.107. The summed E-state index contributed by atoms with van der Waals surface area (Å²) in [6.07, 6.45) is 0. The van der Waals surface area contributed by atoms with Crippen molar-refractivity contribution in [2.75, 3.05) is 10.9 Å². The highest BCUT2D eigenvalue weighted by molar-refractivity contribution is 7.86. The maximum absolute atomic E-state index is 12.9. The highest BCUT2D eigenvalue weighted by atomic mass is 32.2. The lowest BCUT2D eigenvalue weighted by molar-refractivity contribution is 0.481. The fraction of sp³-hybridized carbons (Fsp3) is 0.0303. The molecule has 18 heteroatoms. The first kappa shape index (κ1) is 34.0. The van der Waals surface area contributed by atoms with Crippen LogP contribution < -0.4 is 32.4 Å². The Morgan fingerprint density at radius 2 is 1.27 bits per heavy atom. The molecule has 2 aromatic heterocycles. The van der Waals surface area contributed by atoms with Crippen molar-refractivity contribution >= 4 is 74.7 Å². The number of aromatic nitrogens is 2. The van der Waals surface area contributed by atoms with Crippen molar-refractivity contribution in [3.8, 4) is 21.1 Å². The third kappa shape index (κ3) is 6.96. The number of thiazole rings is 2. The second-order valence-corrected chi connectivity index (χ2v) is 15.8.